The third-order valence-electron chi connectivity index (χ3n) is 7.18. The number of anilines is 2. The first-order chi connectivity index (χ1) is 17.5. The Morgan fingerprint density at radius 3 is 2.46 bits per heavy atom. The molecule has 3 aromatic heterocycles. The fraction of sp³-hybridized carbons (Fsp3) is 0.385. The molecule has 1 saturated heterocycles. The van der Waals surface area contributed by atoms with Gasteiger partial charge in [-0.15, -0.1) is 0 Å². The van der Waals surface area contributed by atoms with E-state index in [-0.39, 0.29) is 27.9 Å². The van der Waals surface area contributed by atoms with Crippen LogP contribution < -0.4 is 20.1 Å². The van der Waals surface area contributed by atoms with Crippen LogP contribution in [0.2, 0.25) is 0 Å². The summed E-state index contributed by atoms with van der Waals surface area (Å²) in [5, 5.41) is -0.328. The number of nitrogens with one attached hydrogen (secondary N) is 1. The van der Waals surface area contributed by atoms with Crippen LogP contribution >= 0.6 is 0 Å². The van der Waals surface area contributed by atoms with E-state index in [1.807, 2.05) is 19.9 Å². The van der Waals surface area contributed by atoms with Crippen LogP contribution in [-0.4, -0.2) is 48.5 Å². The van der Waals surface area contributed by atoms with Crippen molar-refractivity contribution in [1.82, 2.24) is 19.7 Å². The van der Waals surface area contributed by atoms with Crippen LogP contribution in [0.3, 0.4) is 0 Å². The number of amides is 1. The molecule has 2 fully saturated rings. The van der Waals surface area contributed by atoms with Gasteiger partial charge in [0, 0.05) is 30.9 Å². The average molecular weight is 523 g/mol. The molecule has 1 aliphatic carbocycles. The molecule has 11 heteroatoms. The van der Waals surface area contributed by atoms with Crippen molar-refractivity contribution in [2.45, 2.75) is 38.8 Å². The van der Waals surface area contributed by atoms with E-state index in [2.05, 4.69) is 33.4 Å². The summed E-state index contributed by atoms with van der Waals surface area (Å²) in [6, 6.07) is 11.1. The lowest BCUT2D eigenvalue weighted by atomic mass is 10.1. The number of pyridine rings is 3. The lowest BCUT2D eigenvalue weighted by molar-refractivity contribution is 0.0981. The summed E-state index contributed by atoms with van der Waals surface area (Å²) in [5.74, 6) is 1.22. The van der Waals surface area contributed by atoms with Crippen molar-refractivity contribution in [1.29, 1.82) is 0 Å². The van der Waals surface area contributed by atoms with Crippen molar-refractivity contribution in [3.8, 4) is 17.1 Å². The third-order valence-corrected chi connectivity index (χ3v) is 8.41. The molecule has 10 nitrogen and oxygen atoms in total. The number of aromatic nitrogens is 3. The van der Waals surface area contributed by atoms with Gasteiger partial charge in [0.1, 0.15) is 11.6 Å². The minimum atomic E-state index is -4.23. The number of carbonyl (C=O) groups excluding carboxylic acids is 1. The molecule has 0 spiro atoms. The first kappa shape index (κ1) is 24.9. The predicted octanol–water partition coefficient (Wildman–Crippen LogP) is 3.12. The lowest BCUT2D eigenvalue weighted by Crippen LogP contribution is -2.34. The summed E-state index contributed by atoms with van der Waals surface area (Å²) < 4.78 is 33.4. The normalized spacial score (nSPS) is 20.0. The maximum atomic E-state index is 13.3. The molecule has 0 radical (unpaired) electrons. The summed E-state index contributed by atoms with van der Waals surface area (Å²) in [4.78, 5) is 28.3. The highest BCUT2D eigenvalue weighted by molar-refractivity contribution is 7.90. The number of rotatable bonds is 7. The molecular weight excluding hydrogens is 492 g/mol. The van der Waals surface area contributed by atoms with E-state index in [1.165, 1.54) is 18.2 Å². The smallest absolute Gasteiger partial charge is 0.281 e. The van der Waals surface area contributed by atoms with Crippen LogP contribution in [0.15, 0.2) is 53.7 Å². The van der Waals surface area contributed by atoms with Gasteiger partial charge in [-0.3, -0.25) is 4.79 Å². The summed E-state index contributed by atoms with van der Waals surface area (Å²) in [6.45, 7) is 9.84. The van der Waals surface area contributed by atoms with Crippen molar-refractivity contribution in [2.75, 3.05) is 23.7 Å². The van der Waals surface area contributed by atoms with Gasteiger partial charge in [-0.2, -0.15) is 8.42 Å². The molecule has 2 atom stereocenters. The number of fused-ring (bicyclic) bond motifs is 1. The molecule has 5 rings (SSSR count). The second-order valence-corrected chi connectivity index (χ2v) is 12.0. The quantitative estimate of drug-likeness (QED) is 0.479. The highest BCUT2D eigenvalue weighted by Gasteiger charge is 2.62. The van der Waals surface area contributed by atoms with Gasteiger partial charge in [0.15, 0.2) is 5.03 Å². The zero-order chi connectivity index (χ0) is 26.5. The molecule has 37 heavy (non-hydrogen) atoms. The molecule has 4 heterocycles. The predicted molar refractivity (Wildman–Crippen MR) is 140 cm³/mol. The Balaban J connectivity index is 1.47. The van der Waals surface area contributed by atoms with E-state index in [4.69, 9.17) is 15.5 Å². The molecule has 194 valence electrons. The molecule has 3 N–H and O–H groups in total. The van der Waals surface area contributed by atoms with Crippen LogP contribution in [0, 0.1) is 17.3 Å². The van der Waals surface area contributed by atoms with Crippen molar-refractivity contribution in [2.24, 2.45) is 17.3 Å². The Morgan fingerprint density at radius 2 is 1.84 bits per heavy atom. The van der Waals surface area contributed by atoms with E-state index in [9.17, 15) is 13.2 Å². The molecule has 1 saturated carbocycles. The van der Waals surface area contributed by atoms with Crippen LogP contribution in [0.25, 0.3) is 11.3 Å². The molecule has 1 aliphatic heterocycles. The van der Waals surface area contributed by atoms with E-state index in [0.717, 1.165) is 18.7 Å². The minimum Gasteiger partial charge on any atom is -0.475 e. The first-order valence-electron chi connectivity index (χ1n) is 12.1. The number of hydrogen-bond acceptors (Lipinski definition) is 9. The van der Waals surface area contributed by atoms with E-state index in [0.29, 0.717) is 29.2 Å². The van der Waals surface area contributed by atoms with Gasteiger partial charge in [0.2, 0.25) is 5.88 Å². The number of ether oxygens (including phenoxy) is 1. The summed E-state index contributed by atoms with van der Waals surface area (Å²) >= 11 is 0. The number of nitrogens with zero attached hydrogens (tertiary/aromatic N) is 4. The Morgan fingerprint density at radius 1 is 1.11 bits per heavy atom. The summed E-state index contributed by atoms with van der Waals surface area (Å²) in [7, 11) is -4.23. The zero-order valence-electron chi connectivity index (χ0n) is 21.2. The maximum Gasteiger partial charge on any atom is 0.281 e. The van der Waals surface area contributed by atoms with Gasteiger partial charge in [-0.1, -0.05) is 19.9 Å². The standard InChI is InChI=1S/C26H30N6O4S/c1-15(2)36-22-11-8-16(12-28-22)20-10-9-17(24(29-20)32-13-18-19(14-32)26(18,3)4)25(33)31-37(34,35)23-7-5-6-21(27)30-23/h5-12,15,18-19H,13-14H2,1-4H3,(H2,27,30)(H,31,33). The van der Waals surface area contributed by atoms with E-state index >= 15 is 0 Å². The van der Waals surface area contributed by atoms with Crippen molar-refractivity contribution >= 4 is 27.6 Å². The highest BCUT2D eigenvalue weighted by atomic mass is 32.2. The number of nitrogen functional groups attached to an aromatic ring is 1. The fourth-order valence-electron chi connectivity index (χ4n) is 4.99. The van der Waals surface area contributed by atoms with Gasteiger partial charge >= 0.3 is 0 Å². The number of piperidine rings is 1. The van der Waals surface area contributed by atoms with Gasteiger partial charge < -0.3 is 15.4 Å². The Bertz CT molecular complexity index is 1440. The molecule has 3 aromatic rings. The maximum absolute atomic E-state index is 13.3. The molecular formula is C26H30N6O4S. The zero-order valence-corrected chi connectivity index (χ0v) is 22.0. The number of hydrogen-bond donors (Lipinski definition) is 2. The van der Waals surface area contributed by atoms with Crippen LogP contribution in [0.4, 0.5) is 11.6 Å². The number of sulfonamides is 1. The Labute approximate surface area is 216 Å². The molecule has 2 unspecified atom stereocenters. The molecule has 0 aromatic carbocycles. The summed E-state index contributed by atoms with van der Waals surface area (Å²) in [6.07, 6.45) is 1.68. The monoisotopic (exact) mass is 522 g/mol. The number of carbonyl (C=O) groups is 1. The SMILES string of the molecule is CC(C)Oc1ccc(-c2ccc(C(=O)NS(=O)(=O)c3cccc(N)n3)c(N3CC4C(C3)C4(C)C)n2)cn1. The van der Waals surface area contributed by atoms with Crippen molar-refractivity contribution < 1.29 is 17.9 Å². The Kier molecular flexibility index (Phi) is 6.06. The van der Waals surface area contributed by atoms with Crippen LogP contribution in [0.5, 0.6) is 5.88 Å². The highest BCUT2D eigenvalue weighted by Crippen LogP contribution is 2.62. The van der Waals surface area contributed by atoms with Gasteiger partial charge in [-0.05, 0) is 61.4 Å². The summed E-state index contributed by atoms with van der Waals surface area (Å²) in [5.41, 5.74) is 7.43. The van der Waals surface area contributed by atoms with Gasteiger partial charge in [0.05, 0.1) is 17.4 Å². The average Bonchev–Trinajstić information content (AvgIpc) is 3.16. The molecule has 1 amide bonds. The minimum absolute atomic E-state index is 0.00512. The van der Waals surface area contributed by atoms with Crippen LogP contribution in [0.1, 0.15) is 38.1 Å². The van der Waals surface area contributed by atoms with Crippen molar-refractivity contribution in [3.63, 3.8) is 0 Å². The van der Waals surface area contributed by atoms with E-state index in [1.54, 1.807) is 24.4 Å². The number of nitrogens with two attached hydrogens (primary N) is 1. The molecule has 0 bridgehead atoms. The third kappa shape index (κ3) is 4.83. The topological polar surface area (TPSA) is 140 Å². The second kappa shape index (κ2) is 8.98. The first-order valence-corrected chi connectivity index (χ1v) is 13.6. The van der Waals surface area contributed by atoms with Crippen LogP contribution in [-0.2, 0) is 10.0 Å². The largest absolute Gasteiger partial charge is 0.475 e. The van der Waals surface area contributed by atoms with Gasteiger partial charge in [0.25, 0.3) is 15.9 Å². The van der Waals surface area contributed by atoms with E-state index < -0.39 is 15.9 Å². The van der Waals surface area contributed by atoms with Crippen molar-refractivity contribution in [3.05, 3.63) is 54.2 Å². The molecule has 2 aliphatic rings. The fourth-order valence-corrected chi connectivity index (χ4v) is 5.93. The Hall–Kier alpha value is -3.73. The lowest BCUT2D eigenvalue weighted by Gasteiger charge is -2.25. The van der Waals surface area contributed by atoms with Gasteiger partial charge in [-0.25, -0.2) is 19.7 Å². The second-order valence-electron chi connectivity index (χ2n) is 10.4.